The standard InChI is InChI=1S/C19H21ClO2/c1-19(2,3)14-10-8-13(9-11-14)12-16(18(21)22)15-6-4-5-7-17(15)20/h4-11,16H,12H2,1-3H3,(H,21,22). The predicted molar refractivity (Wildman–Crippen MR) is 90.7 cm³/mol. The van der Waals surface area contributed by atoms with E-state index in [1.54, 1.807) is 12.1 Å². The summed E-state index contributed by atoms with van der Waals surface area (Å²) in [6.07, 6.45) is 0.434. The molecule has 2 aromatic carbocycles. The van der Waals surface area contributed by atoms with Gasteiger partial charge >= 0.3 is 5.97 Å². The maximum absolute atomic E-state index is 11.6. The molecule has 2 aromatic rings. The van der Waals surface area contributed by atoms with E-state index in [0.29, 0.717) is 17.0 Å². The van der Waals surface area contributed by atoms with E-state index >= 15 is 0 Å². The molecular formula is C19H21ClO2. The van der Waals surface area contributed by atoms with Crippen molar-refractivity contribution in [3.63, 3.8) is 0 Å². The highest BCUT2D eigenvalue weighted by Gasteiger charge is 2.23. The van der Waals surface area contributed by atoms with E-state index in [0.717, 1.165) is 5.56 Å². The fourth-order valence-corrected chi connectivity index (χ4v) is 2.73. The molecule has 0 bridgehead atoms. The fourth-order valence-electron chi connectivity index (χ4n) is 2.46. The highest BCUT2D eigenvalue weighted by Crippen LogP contribution is 2.29. The summed E-state index contributed by atoms with van der Waals surface area (Å²) in [5.74, 6) is -1.48. The summed E-state index contributed by atoms with van der Waals surface area (Å²) >= 11 is 6.15. The van der Waals surface area contributed by atoms with Crippen LogP contribution in [0.1, 0.15) is 43.4 Å². The minimum Gasteiger partial charge on any atom is -0.481 e. The third-order valence-corrected chi connectivity index (χ3v) is 4.18. The molecule has 2 nitrogen and oxygen atoms in total. The van der Waals surface area contributed by atoms with Crippen molar-refractivity contribution in [2.45, 2.75) is 38.5 Å². The Morgan fingerprint density at radius 1 is 1.09 bits per heavy atom. The van der Waals surface area contributed by atoms with E-state index in [1.807, 2.05) is 24.3 Å². The van der Waals surface area contributed by atoms with Gasteiger partial charge in [-0.05, 0) is 34.6 Å². The fraction of sp³-hybridized carbons (Fsp3) is 0.316. The first-order valence-corrected chi connectivity index (χ1v) is 7.73. The largest absolute Gasteiger partial charge is 0.481 e. The summed E-state index contributed by atoms with van der Waals surface area (Å²) < 4.78 is 0. The smallest absolute Gasteiger partial charge is 0.311 e. The zero-order valence-electron chi connectivity index (χ0n) is 13.1. The second kappa shape index (κ2) is 6.53. The molecule has 22 heavy (non-hydrogen) atoms. The summed E-state index contributed by atoms with van der Waals surface area (Å²) in [5, 5.41) is 10.0. The van der Waals surface area contributed by atoms with Crippen LogP contribution in [0, 0.1) is 0 Å². The number of carboxylic acid groups (broad SMARTS) is 1. The van der Waals surface area contributed by atoms with Crippen molar-refractivity contribution in [2.24, 2.45) is 0 Å². The van der Waals surface area contributed by atoms with Crippen molar-refractivity contribution in [2.75, 3.05) is 0 Å². The molecule has 0 amide bonds. The van der Waals surface area contributed by atoms with Gasteiger partial charge in [-0.1, -0.05) is 74.8 Å². The molecule has 0 heterocycles. The number of carboxylic acids is 1. The second-order valence-electron chi connectivity index (χ2n) is 6.56. The van der Waals surface area contributed by atoms with Crippen LogP contribution in [0.25, 0.3) is 0 Å². The lowest BCUT2D eigenvalue weighted by atomic mass is 9.85. The molecule has 3 heteroatoms. The molecule has 0 fully saturated rings. The van der Waals surface area contributed by atoms with Crippen molar-refractivity contribution in [1.82, 2.24) is 0 Å². The first-order chi connectivity index (χ1) is 10.3. The molecular weight excluding hydrogens is 296 g/mol. The molecule has 1 atom stereocenters. The Morgan fingerprint density at radius 3 is 2.18 bits per heavy atom. The lowest BCUT2D eigenvalue weighted by molar-refractivity contribution is -0.138. The van der Waals surface area contributed by atoms with Gasteiger partial charge in [0.05, 0.1) is 5.92 Å². The number of carbonyl (C=O) groups is 1. The summed E-state index contributed by atoms with van der Waals surface area (Å²) in [7, 11) is 0. The van der Waals surface area contributed by atoms with Crippen molar-refractivity contribution < 1.29 is 9.90 Å². The lowest BCUT2D eigenvalue weighted by Crippen LogP contribution is -2.15. The van der Waals surface area contributed by atoms with Crippen LogP contribution < -0.4 is 0 Å². The van der Waals surface area contributed by atoms with E-state index < -0.39 is 11.9 Å². The van der Waals surface area contributed by atoms with Gasteiger partial charge in [-0.2, -0.15) is 0 Å². The quantitative estimate of drug-likeness (QED) is 0.857. The third-order valence-electron chi connectivity index (χ3n) is 3.84. The Balaban J connectivity index is 2.26. The summed E-state index contributed by atoms with van der Waals surface area (Å²) in [5.41, 5.74) is 2.99. The SMILES string of the molecule is CC(C)(C)c1ccc(CC(C(=O)O)c2ccccc2Cl)cc1. The van der Waals surface area contributed by atoms with E-state index in [4.69, 9.17) is 11.6 Å². The molecule has 2 rings (SSSR count). The number of benzene rings is 2. The zero-order chi connectivity index (χ0) is 16.3. The monoisotopic (exact) mass is 316 g/mol. The maximum atomic E-state index is 11.6. The Morgan fingerprint density at radius 2 is 1.68 bits per heavy atom. The molecule has 116 valence electrons. The minimum absolute atomic E-state index is 0.0907. The predicted octanol–water partition coefficient (Wildman–Crippen LogP) is 5.05. The maximum Gasteiger partial charge on any atom is 0.311 e. The first kappa shape index (κ1) is 16.6. The summed E-state index contributed by atoms with van der Waals surface area (Å²) in [6.45, 7) is 6.48. The van der Waals surface area contributed by atoms with Gasteiger partial charge in [-0.3, -0.25) is 4.79 Å². The highest BCUT2D eigenvalue weighted by molar-refractivity contribution is 6.31. The topological polar surface area (TPSA) is 37.3 Å². The van der Waals surface area contributed by atoms with E-state index in [-0.39, 0.29) is 5.41 Å². The Kier molecular flexibility index (Phi) is 4.92. The van der Waals surface area contributed by atoms with Gasteiger partial charge in [0.15, 0.2) is 0 Å². The van der Waals surface area contributed by atoms with Crippen LogP contribution >= 0.6 is 11.6 Å². The molecule has 0 aliphatic rings. The Hall–Kier alpha value is -1.80. The van der Waals surface area contributed by atoms with Crippen LogP contribution in [0.3, 0.4) is 0 Å². The molecule has 0 aliphatic carbocycles. The average molecular weight is 317 g/mol. The van der Waals surface area contributed by atoms with Crippen LogP contribution in [-0.2, 0) is 16.6 Å². The molecule has 0 aromatic heterocycles. The molecule has 1 unspecified atom stereocenters. The molecule has 0 saturated carbocycles. The van der Waals surface area contributed by atoms with Crippen LogP contribution in [0.2, 0.25) is 5.02 Å². The van der Waals surface area contributed by atoms with Crippen molar-refractivity contribution in [3.05, 3.63) is 70.2 Å². The molecule has 0 spiro atoms. The van der Waals surface area contributed by atoms with E-state index in [2.05, 4.69) is 32.9 Å². The number of halogens is 1. The van der Waals surface area contributed by atoms with Gasteiger partial charge in [0, 0.05) is 5.02 Å². The van der Waals surface area contributed by atoms with Crippen LogP contribution in [-0.4, -0.2) is 11.1 Å². The van der Waals surface area contributed by atoms with Crippen LogP contribution in [0.15, 0.2) is 48.5 Å². The first-order valence-electron chi connectivity index (χ1n) is 7.35. The van der Waals surface area contributed by atoms with E-state index in [9.17, 15) is 9.90 Å². The summed E-state index contributed by atoms with van der Waals surface area (Å²) in [6, 6.07) is 15.3. The van der Waals surface area contributed by atoms with E-state index in [1.165, 1.54) is 5.56 Å². The number of hydrogen-bond acceptors (Lipinski definition) is 1. The third kappa shape index (κ3) is 3.89. The van der Waals surface area contributed by atoms with Crippen molar-refractivity contribution in [3.8, 4) is 0 Å². The second-order valence-corrected chi connectivity index (χ2v) is 6.97. The van der Waals surface area contributed by atoms with Crippen LogP contribution in [0.5, 0.6) is 0 Å². The van der Waals surface area contributed by atoms with Gasteiger partial charge in [-0.15, -0.1) is 0 Å². The minimum atomic E-state index is -0.854. The van der Waals surface area contributed by atoms with Gasteiger partial charge in [0.1, 0.15) is 0 Å². The number of aliphatic carboxylic acids is 1. The van der Waals surface area contributed by atoms with Gasteiger partial charge in [0.25, 0.3) is 0 Å². The normalized spacial score (nSPS) is 12.9. The average Bonchev–Trinajstić information content (AvgIpc) is 2.45. The molecule has 0 saturated heterocycles. The van der Waals surface area contributed by atoms with Gasteiger partial charge in [-0.25, -0.2) is 0 Å². The summed E-state index contributed by atoms with van der Waals surface area (Å²) in [4.78, 5) is 11.6. The molecule has 1 N–H and O–H groups in total. The van der Waals surface area contributed by atoms with Crippen LogP contribution in [0.4, 0.5) is 0 Å². The number of hydrogen-bond donors (Lipinski definition) is 1. The van der Waals surface area contributed by atoms with Crippen molar-refractivity contribution >= 4 is 17.6 Å². The van der Waals surface area contributed by atoms with Crippen molar-refractivity contribution in [1.29, 1.82) is 0 Å². The zero-order valence-corrected chi connectivity index (χ0v) is 13.9. The lowest BCUT2D eigenvalue weighted by Gasteiger charge is -2.20. The Labute approximate surface area is 136 Å². The highest BCUT2D eigenvalue weighted by atomic mass is 35.5. The number of rotatable bonds is 4. The Bertz CT molecular complexity index is 654. The van der Waals surface area contributed by atoms with Gasteiger partial charge in [0.2, 0.25) is 0 Å². The van der Waals surface area contributed by atoms with Gasteiger partial charge < -0.3 is 5.11 Å². The molecule has 0 radical (unpaired) electrons. The molecule has 0 aliphatic heterocycles.